The van der Waals surface area contributed by atoms with E-state index in [-0.39, 0.29) is 23.3 Å². The van der Waals surface area contributed by atoms with E-state index < -0.39 is 5.54 Å². The second-order valence-corrected chi connectivity index (χ2v) is 11.3. The van der Waals surface area contributed by atoms with Gasteiger partial charge in [-0.1, -0.05) is 30.3 Å². The SMILES string of the molecule is Cn1c(=O)c2cc(-c3ccc(C4=NC5(CC5)C(=O)N4CC4CCN(C(=O)C5CC5)C4)cc3)ccc2n1C. The third-order valence-electron chi connectivity index (χ3n) is 8.70. The number of amidine groups is 1. The molecule has 8 nitrogen and oxygen atoms in total. The molecule has 3 fully saturated rings. The summed E-state index contributed by atoms with van der Waals surface area (Å²) in [5.41, 5.74) is 3.26. The summed E-state index contributed by atoms with van der Waals surface area (Å²) in [4.78, 5) is 47.3. The maximum atomic E-state index is 13.4. The molecule has 7 rings (SSSR count). The summed E-state index contributed by atoms with van der Waals surface area (Å²) in [6.45, 7) is 2.15. The number of carbonyl (C=O) groups is 2. The van der Waals surface area contributed by atoms with Gasteiger partial charge < -0.3 is 4.90 Å². The lowest BCUT2D eigenvalue weighted by Gasteiger charge is -2.23. The maximum Gasteiger partial charge on any atom is 0.274 e. The molecule has 2 aliphatic carbocycles. The number of benzene rings is 2. The van der Waals surface area contributed by atoms with Crippen molar-refractivity contribution in [3.63, 3.8) is 0 Å². The Morgan fingerprint density at radius 1 is 0.946 bits per heavy atom. The number of aryl methyl sites for hydroxylation is 1. The minimum atomic E-state index is -0.561. The van der Waals surface area contributed by atoms with Crippen LogP contribution in [0.4, 0.5) is 0 Å². The predicted molar refractivity (Wildman–Crippen MR) is 141 cm³/mol. The second kappa shape index (κ2) is 7.91. The maximum absolute atomic E-state index is 13.4. The van der Waals surface area contributed by atoms with Crippen molar-refractivity contribution in [2.75, 3.05) is 19.6 Å². The van der Waals surface area contributed by atoms with Crippen LogP contribution in [-0.2, 0) is 23.7 Å². The number of likely N-dealkylation sites (tertiary alicyclic amines) is 1. The van der Waals surface area contributed by atoms with E-state index in [1.54, 1.807) is 11.7 Å². The van der Waals surface area contributed by atoms with Gasteiger partial charge in [-0.2, -0.15) is 0 Å². The van der Waals surface area contributed by atoms with Gasteiger partial charge in [-0.3, -0.25) is 33.6 Å². The fraction of sp³-hybridized carbons (Fsp3) is 0.448. The van der Waals surface area contributed by atoms with Crippen LogP contribution in [0.25, 0.3) is 22.0 Å². The standard InChI is InChI=1S/C29H31N5O3/c1-31-24-10-9-22(15-23(24)27(36)32(31)2)19-3-5-20(6-4-19)25-30-29(12-13-29)28(37)34(25)17-18-11-14-33(16-18)26(35)21-7-8-21/h3-6,9-10,15,18,21H,7-8,11-14,16-17H2,1-2H3. The Labute approximate surface area is 215 Å². The lowest BCUT2D eigenvalue weighted by Crippen LogP contribution is -2.40. The van der Waals surface area contributed by atoms with Crippen molar-refractivity contribution < 1.29 is 9.59 Å². The summed E-state index contributed by atoms with van der Waals surface area (Å²) in [6, 6.07) is 14.1. The van der Waals surface area contributed by atoms with Gasteiger partial charge in [-0.05, 0) is 61.3 Å². The van der Waals surface area contributed by atoms with E-state index >= 15 is 0 Å². The summed E-state index contributed by atoms with van der Waals surface area (Å²) in [7, 11) is 3.65. The van der Waals surface area contributed by atoms with E-state index in [1.165, 1.54) is 0 Å². The number of aromatic nitrogens is 2. The number of aliphatic imine (C=N–C) groups is 1. The highest BCUT2D eigenvalue weighted by atomic mass is 16.2. The third kappa shape index (κ3) is 3.56. The number of rotatable bonds is 5. The number of hydrogen-bond acceptors (Lipinski definition) is 4. The third-order valence-corrected chi connectivity index (χ3v) is 8.70. The molecule has 8 heteroatoms. The van der Waals surface area contributed by atoms with Crippen LogP contribution in [0.5, 0.6) is 0 Å². The molecule has 2 aromatic carbocycles. The van der Waals surface area contributed by atoms with Crippen molar-refractivity contribution in [2.24, 2.45) is 30.9 Å². The molecule has 0 N–H and O–H groups in total. The first-order valence-corrected chi connectivity index (χ1v) is 13.3. The van der Waals surface area contributed by atoms with E-state index in [0.717, 1.165) is 73.2 Å². The van der Waals surface area contributed by atoms with Gasteiger partial charge in [0.15, 0.2) is 0 Å². The number of fused-ring (bicyclic) bond motifs is 1. The molecule has 2 amide bonds. The van der Waals surface area contributed by atoms with Crippen molar-refractivity contribution in [1.82, 2.24) is 19.2 Å². The highest BCUT2D eigenvalue weighted by molar-refractivity contribution is 6.16. The number of nitrogens with zero attached hydrogens (tertiary/aromatic N) is 5. The molecule has 0 radical (unpaired) electrons. The van der Waals surface area contributed by atoms with E-state index in [2.05, 4.69) is 0 Å². The Morgan fingerprint density at radius 2 is 1.65 bits per heavy atom. The Kier molecular flexibility index (Phi) is 4.81. The number of carbonyl (C=O) groups excluding carboxylic acids is 2. The molecule has 2 aliphatic heterocycles. The van der Waals surface area contributed by atoms with Crippen molar-refractivity contribution in [2.45, 2.75) is 37.6 Å². The lowest BCUT2D eigenvalue weighted by atomic mass is 10.0. The van der Waals surface area contributed by atoms with E-state index in [0.29, 0.717) is 17.8 Å². The fourth-order valence-electron chi connectivity index (χ4n) is 5.97. The van der Waals surface area contributed by atoms with Crippen LogP contribution < -0.4 is 5.56 Å². The van der Waals surface area contributed by atoms with Gasteiger partial charge in [0.05, 0.1) is 10.9 Å². The molecule has 190 valence electrons. The van der Waals surface area contributed by atoms with Crippen LogP contribution in [0.15, 0.2) is 52.3 Å². The summed E-state index contributed by atoms with van der Waals surface area (Å²) in [6.07, 6.45) is 4.61. The molecular formula is C29H31N5O3. The van der Waals surface area contributed by atoms with Gasteiger partial charge in [-0.15, -0.1) is 0 Å². The van der Waals surface area contributed by atoms with Gasteiger partial charge in [0.25, 0.3) is 11.5 Å². The molecule has 3 heterocycles. The van der Waals surface area contributed by atoms with Gasteiger partial charge in [0.2, 0.25) is 5.91 Å². The van der Waals surface area contributed by atoms with Crippen LogP contribution in [0.1, 0.15) is 37.7 Å². The molecule has 1 spiro atoms. The van der Waals surface area contributed by atoms with Crippen LogP contribution in [0, 0.1) is 11.8 Å². The lowest BCUT2D eigenvalue weighted by molar-refractivity contribution is -0.131. The Morgan fingerprint density at radius 3 is 2.35 bits per heavy atom. The smallest absolute Gasteiger partial charge is 0.274 e. The fourth-order valence-corrected chi connectivity index (χ4v) is 5.97. The molecule has 3 aromatic rings. The first-order chi connectivity index (χ1) is 17.8. The van der Waals surface area contributed by atoms with Gasteiger partial charge in [0.1, 0.15) is 11.4 Å². The molecule has 0 bridgehead atoms. The first-order valence-electron chi connectivity index (χ1n) is 13.3. The summed E-state index contributed by atoms with van der Waals surface area (Å²) >= 11 is 0. The predicted octanol–water partition coefficient (Wildman–Crippen LogP) is 2.92. The number of hydrogen-bond donors (Lipinski definition) is 0. The summed E-state index contributed by atoms with van der Waals surface area (Å²) in [5, 5.41) is 0.699. The molecule has 1 saturated heterocycles. The molecule has 1 unspecified atom stereocenters. The minimum absolute atomic E-state index is 0.00974. The second-order valence-electron chi connectivity index (χ2n) is 11.3. The van der Waals surface area contributed by atoms with E-state index in [4.69, 9.17) is 4.99 Å². The Bertz CT molecular complexity index is 1540. The van der Waals surface area contributed by atoms with Gasteiger partial charge >= 0.3 is 0 Å². The summed E-state index contributed by atoms with van der Waals surface area (Å²) in [5.74, 6) is 1.69. The zero-order valence-corrected chi connectivity index (χ0v) is 21.3. The topological polar surface area (TPSA) is 79.9 Å². The molecule has 1 aromatic heterocycles. The average molecular weight is 498 g/mol. The molecular weight excluding hydrogens is 466 g/mol. The largest absolute Gasteiger partial charge is 0.342 e. The highest BCUT2D eigenvalue weighted by Gasteiger charge is 2.57. The van der Waals surface area contributed by atoms with Crippen LogP contribution in [0.2, 0.25) is 0 Å². The Hall–Kier alpha value is -3.68. The molecule has 4 aliphatic rings. The van der Waals surface area contributed by atoms with Crippen LogP contribution >= 0.6 is 0 Å². The first kappa shape index (κ1) is 22.5. The quantitative estimate of drug-likeness (QED) is 0.544. The average Bonchev–Trinajstić information content (AvgIpc) is 3.83. The zero-order valence-electron chi connectivity index (χ0n) is 21.3. The normalized spacial score (nSPS) is 22.4. The number of amides is 2. The zero-order chi connectivity index (χ0) is 25.5. The molecule has 1 atom stereocenters. The van der Waals surface area contributed by atoms with Crippen molar-refractivity contribution in [3.8, 4) is 11.1 Å². The highest BCUT2D eigenvalue weighted by Crippen LogP contribution is 2.46. The van der Waals surface area contributed by atoms with Crippen LogP contribution in [-0.4, -0.2) is 62.0 Å². The minimum Gasteiger partial charge on any atom is -0.342 e. The van der Waals surface area contributed by atoms with E-state index in [1.807, 2.05) is 64.0 Å². The van der Waals surface area contributed by atoms with E-state index in [9.17, 15) is 14.4 Å². The monoisotopic (exact) mass is 497 g/mol. The van der Waals surface area contributed by atoms with Crippen LogP contribution in [0.3, 0.4) is 0 Å². The Balaban J connectivity index is 1.14. The molecule has 2 saturated carbocycles. The van der Waals surface area contributed by atoms with Crippen molar-refractivity contribution in [3.05, 3.63) is 58.4 Å². The summed E-state index contributed by atoms with van der Waals surface area (Å²) < 4.78 is 3.47. The van der Waals surface area contributed by atoms with Gasteiger partial charge in [-0.25, -0.2) is 0 Å². The van der Waals surface area contributed by atoms with Gasteiger partial charge in [0, 0.05) is 45.2 Å². The van der Waals surface area contributed by atoms with Crippen molar-refractivity contribution >= 4 is 28.6 Å². The van der Waals surface area contributed by atoms with Crippen molar-refractivity contribution in [1.29, 1.82) is 0 Å². The molecule has 37 heavy (non-hydrogen) atoms.